The lowest BCUT2D eigenvalue weighted by molar-refractivity contribution is -0.0828. The van der Waals surface area contributed by atoms with Crippen LogP contribution in [0.1, 0.15) is 35.0 Å². The molecule has 1 aromatic carbocycles. The lowest BCUT2D eigenvalue weighted by atomic mass is 9.76. The minimum absolute atomic E-state index is 0.204. The third kappa shape index (κ3) is 3.18. The van der Waals surface area contributed by atoms with Crippen LogP contribution in [0, 0.1) is 6.92 Å². The van der Waals surface area contributed by atoms with Gasteiger partial charge in [-0.2, -0.15) is 0 Å². The molecule has 0 aliphatic carbocycles. The SMILES string of the molecule is CCC1(O)CN(C(=O)c2cnc(Oc3ccc4c(c3C)B(O)OC4)cn2)C1. The van der Waals surface area contributed by atoms with Crippen LogP contribution in [0.15, 0.2) is 24.5 Å². The Morgan fingerprint density at radius 2 is 2.15 bits per heavy atom. The van der Waals surface area contributed by atoms with Crippen molar-refractivity contribution >= 4 is 18.5 Å². The second-order valence-corrected chi connectivity index (χ2v) is 7.01. The summed E-state index contributed by atoms with van der Waals surface area (Å²) in [5.74, 6) is 0.528. The Morgan fingerprint density at radius 3 is 2.81 bits per heavy atom. The van der Waals surface area contributed by atoms with Gasteiger partial charge in [-0.15, -0.1) is 0 Å². The third-order valence-electron chi connectivity index (χ3n) is 5.18. The number of ether oxygens (including phenoxy) is 1. The molecule has 27 heavy (non-hydrogen) atoms. The number of nitrogens with zero attached hydrogens (tertiary/aromatic N) is 3. The molecule has 1 aromatic heterocycles. The van der Waals surface area contributed by atoms with E-state index in [0.717, 1.165) is 11.1 Å². The van der Waals surface area contributed by atoms with Crippen LogP contribution in [0.2, 0.25) is 0 Å². The summed E-state index contributed by atoms with van der Waals surface area (Å²) in [4.78, 5) is 22.2. The zero-order valence-electron chi connectivity index (χ0n) is 15.2. The molecule has 140 valence electrons. The van der Waals surface area contributed by atoms with Crippen LogP contribution in [0.3, 0.4) is 0 Å². The van der Waals surface area contributed by atoms with Gasteiger partial charge in [0.15, 0.2) is 0 Å². The quantitative estimate of drug-likeness (QED) is 0.752. The van der Waals surface area contributed by atoms with Gasteiger partial charge in [-0.05, 0) is 36.0 Å². The number of carbonyl (C=O) groups excluding carboxylic acids is 1. The summed E-state index contributed by atoms with van der Waals surface area (Å²) in [6.45, 7) is 4.72. The molecule has 0 spiro atoms. The first kappa shape index (κ1) is 17.9. The van der Waals surface area contributed by atoms with Crippen molar-refractivity contribution in [1.82, 2.24) is 14.9 Å². The predicted octanol–water partition coefficient (Wildman–Crippen LogP) is 0.392. The molecule has 1 amide bonds. The van der Waals surface area contributed by atoms with E-state index in [1.807, 2.05) is 19.9 Å². The van der Waals surface area contributed by atoms with Gasteiger partial charge in [-0.3, -0.25) is 4.79 Å². The number of fused-ring (bicyclic) bond motifs is 1. The molecule has 0 saturated carbocycles. The molecule has 0 atom stereocenters. The van der Waals surface area contributed by atoms with E-state index in [-0.39, 0.29) is 17.5 Å². The maximum atomic E-state index is 12.3. The van der Waals surface area contributed by atoms with E-state index in [9.17, 15) is 14.9 Å². The van der Waals surface area contributed by atoms with Gasteiger partial charge in [0.2, 0.25) is 5.88 Å². The van der Waals surface area contributed by atoms with E-state index < -0.39 is 12.7 Å². The van der Waals surface area contributed by atoms with Crippen molar-refractivity contribution in [1.29, 1.82) is 0 Å². The topological polar surface area (TPSA) is 105 Å². The highest BCUT2D eigenvalue weighted by Crippen LogP contribution is 2.27. The largest absolute Gasteiger partial charge is 0.492 e. The highest BCUT2D eigenvalue weighted by atomic mass is 16.5. The number of aromatic nitrogens is 2. The molecular formula is C18H20BN3O5. The van der Waals surface area contributed by atoms with Gasteiger partial charge in [0.25, 0.3) is 5.91 Å². The number of benzene rings is 1. The molecule has 3 heterocycles. The number of likely N-dealkylation sites (tertiary alicyclic amines) is 1. The van der Waals surface area contributed by atoms with Gasteiger partial charge in [0.05, 0.1) is 37.7 Å². The zero-order valence-corrected chi connectivity index (χ0v) is 15.2. The number of hydrogen-bond acceptors (Lipinski definition) is 7. The Balaban J connectivity index is 1.46. The van der Waals surface area contributed by atoms with Crippen molar-refractivity contribution < 1.29 is 24.3 Å². The first-order valence-electron chi connectivity index (χ1n) is 8.84. The number of carbonyl (C=O) groups is 1. The molecule has 0 unspecified atom stereocenters. The maximum Gasteiger partial charge on any atom is 0.492 e. The van der Waals surface area contributed by atoms with E-state index in [1.54, 1.807) is 11.0 Å². The van der Waals surface area contributed by atoms with Crippen LogP contribution in [-0.2, 0) is 11.3 Å². The molecule has 1 fully saturated rings. The summed E-state index contributed by atoms with van der Waals surface area (Å²) >= 11 is 0. The lowest BCUT2D eigenvalue weighted by Crippen LogP contribution is -2.63. The van der Waals surface area contributed by atoms with Crippen LogP contribution in [0.4, 0.5) is 0 Å². The summed E-state index contributed by atoms with van der Waals surface area (Å²) < 4.78 is 11.0. The predicted molar refractivity (Wildman–Crippen MR) is 96.8 cm³/mol. The molecule has 2 aliphatic heterocycles. The zero-order chi connectivity index (χ0) is 19.2. The van der Waals surface area contributed by atoms with Gasteiger partial charge in [0, 0.05) is 0 Å². The van der Waals surface area contributed by atoms with Gasteiger partial charge in [-0.25, -0.2) is 9.97 Å². The van der Waals surface area contributed by atoms with Crippen molar-refractivity contribution in [3.8, 4) is 11.6 Å². The normalized spacial score (nSPS) is 17.5. The van der Waals surface area contributed by atoms with Crippen molar-refractivity contribution in [2.45, 2.75) is 32.5 Å². The minimum Gasteiger partial charge on any atom is -0.437 e. The monoisotopic (exact) mass is 369 g/mol. The minimum atomic E-state index is -0.951. The van der Waals surface area contributed by atoms with Crippen LogP contribution < -0.4 is 10.2 Å². The standard InChI is InChI=1S/C18H20BN3O5/c1-3-18(24)9-22(10-18)17(23)13-6-21-15(7-20-13)27-14-5-4-12-8-26-19(25)16(12)11(14)2/h4-7,24-25H,3,8-10H2,1-2H3. The van der Waals surface area contributed by atoms with E-state index in [1.165, 1.54) is 12.4 Å². The summed E-state index contributed by atoms with van der Waals surface area (Å²) in [5, 5.41) is 19.9. The van der Waals surface area contributed by atoms with Crippen molar-refractivity contribution in [3.63, 3.8) is 0 Å². The number of aliphatic hydroxyl groups is 1. The van der Waals surface area contributed by atoms with Crippen LogP contribution in [0.25, 0.3) is 0 Å². The number of rotatable bonds is 4. The average Bonchev–Trinajstić information content (AvgIpc) is 3.03. The fraction of sp³-hybridized carbons (Fsp3) is 0.389. The summed E-state index contributed by atoms with van der Waals surface area (Å²) in [7, 11) is -0.951. The first-order valence-corrected chi connectivity index (χ1v) is 8.84. The molecule has 2 aliphatic rings. The Hall–Kier alpha value is -2.49. The fourth-order valence-electron chi connectivity index (χ4n) is 3.38. The number of β-amino-alcohol motifs (C(OH)–C–C–N with tert-alkyl or cyclic N) is 1. The van der Waals surface area contributed by atoms with E-state index in [4.69, 9.17) is 9.39 Å². The van der Waals surface area contributed by atoms with Crippen molar-refractivity contribution in [2.24, 2.45) is 0 Å². The molecule has 4 rings (SSSR count). The second-order valence-electron chi connectivity index (χ2n) is 7.01. The average molecular weight is 369 g/mol. The number of amides is 1. The molecule has 0 radical (unpaired) electrons. The van der Waals surface area contributed by atoms with Crippen LogP contribution >= 0.6 is 0 Å². The van der Waals surface area contributed by atoms with Gasteiger partial charge in [-0.1, -0.05) is 13.0 Å². The van der Waals surface area contributed by atoms with Gasteiger partial charge < -0.3 is 24.4 Å². The summed E-state index contributed by atoms with van der Waals surface area (Å²) in [6, 6.07) is 3.64. The van der Waals surface area contributed by atoms with Crippen LogP contribution in [-0.4, -0.2) is 56.7 Å². The third-order valence-corrected chi connectivity index (χ3v) is 5.18. The summed E-state index contributed by atoms with van der Waals surface area (Å²) in [5.41, 5.74) is 1.84. The second kappa shape index (κ2) is 6.59. The van der Waals surface area contributed by atoms with E-state index in [2.05, 4.69) is 9.97 Å². The number of hydrogen-bond donors (Lipinski definition) is 2. The first-order chi connectivity index (χ1) is 12.9. The van der Waals surface area contributed by atoms with Gasteiger partial charge >= 0.3 is 7.12 Å². The molecule has 2 N–H and O–H groups in total. The Bertz CT molecular complexity index is 883. The Kier molecular flexibility index (Phi) is 4.37. The molecule has 9 heteroatoms. The molecule has 1 saturated heterocycles. The highest BCUT2D eigenvalue weighted by Gasteiger charge is 2.42. The Morgan fingerprint density at radius 1 is 1.37 bits per heavy atom. The van der Waals surface area contributed by atoms with Crippen molar-refractivity contribution in [2.75, 3.05) is 13.1 Å². The molecular weight excluding hydrogens is 349 g/mol. The Labute approximate surface area is 156 Å². The lowest BCUT2D eigenvalue weighted by Gasteiger charge is -2.45. The smallest absolute Gasteiger partial charge is 0.437 e. The van der Waals surface area contributed by atoms with Crippen molar-refractivity contribution in [3.05, 3.63) is 41.3 Å². The highest BCUT2D eigenvalue weighted by molar-refractivity contribution is 6.62. The molecule has 2 aromatic rings. The van der Waals surface area contributed by atoms with E-state index >= 15 is 0 Å². The van der Waals surface area contributed by atoms with Crippen LogP contribution in [0.5, 0.6) is 11.6 Å². The fourth-order valence-corrected chi connectivity index (χ4v) is 3.38. The summed E-state index contributed by atoms with van der Waals surface area (Å²) in [6.07, 6.45) is 3.36. The van der Waals surface area contributed by atoms with E-state index in [0.29, 0.717) is 37.3 Å². The molecule has 8 nitrogen and oxygen atoms in total. The van der Waals surface area contributed by atoms with Gasteiger partial charge in [0.1, 0.15) is 11.4 Å². The maximum absolute atomic E-state index is 12.3. The molecule has 0 bridgehead atoms.